The average Bonchev–Trinajstić information content (AvgIpc) is 3.76. The summed E-state index contributed by atoms with van der Waals surface area (Å²) < 4.78 is 2.21. The number of amides is 1. The maximum absolute atomic E-state index is 13.7. The Labute approximate surface area is 232 Å². The monoisotopic (exact) mass is 536 g/mol. The van der Waals surface area contributed by atoms with Gasteiger partial charge in [-0.05, 0) is 47.6 Å². The van der Waals surface area contributed by atoms with Crippen molar-refractivity contribution in [1.82, 2.24) is 19.9 Å². The van der Waals surface area contributed by atoms with Crippen LogP contribution in [0.5, 0.6) is 0 Å². The number of hydrogen-bond acceptors (Lipinski definition) is 5. The van der Waals surface area contributed by atoms with E-state index in [4.69, 9.17) is 4.98 Å². The van der Waals surface area contributed by atoms with Crippen LogP contribution in [-0.4, -0.2) is 32.2 Å². The molecular weight excluding hydrogens is 504 g/mol. The van der Waals surface area contributed by atoms with E-state index >= 15 is 0 Å². The summed E-state index contributed by atoms with van der Waals surface area (Å²) in [5.74, 6) is 0.920. The van der Waals surface area contributed by atoms with Crippen molar-refractivity contribution in [2.45, 2.75) is 44.2 Å². The summed E-state index contributed by atoms with van der Waals surface area (Å²) in [6.07, 6.45) is 4.41. The van der Waals surface area contributed by atoms with Crippen LogP contribution in [0.3, 0.4) is 0 Å². The molecule has 1 fully saturated rings. The molecular formula is C32H32N4O2S. The van der Waals surface area contributed by atoms with E-state index in [1.54, 1.807) is 11.3 Å². The number of benzene rings is 3. The molecule has 6 nitrogen and oxygen atoms in total. The second-order valence-corrected chi connectivity index (χ2v) is 11.0. The largest absolute Gasteiger partial charge is 0.394 e. The molecule has 6 rings (SSSR count). The van der Waals surface area contributed by atoms with Gasteiger partial charge in [-0.1, -0.05) is 79.6 Å². The number of nitrogens with zero attached hydrogens (tertiary/aromatic N) is 3. The Morgan fingerprint density at radius 1 is 0.974 bits per heavy atom. The lowest BCUT2D eigenvalue weighted by molar-refractivity contribution is -0.124. The number of carbonyl (C=O) groups excluding carboxylic acids is 1. The summed E-state index contributed by atoms with van der Waals surface area (Å²) in [7, 11) is 0. The zero-order valence-electron chi connectivity index (χ0n) is 21.7. The Bertz CT molecular complexity index is 1520. The van der Waals surface area contributed by atoms with Gasteiger partial charge >= 0.3 is 0 Å². The molecule has 0 radical (unpaired) electrons. The van der Waals surface area contributed by atoms with Crippen molar-refractivity contribution in [2.75, 3.05) is 6.61 Å². The molecule has 1 saturated carbocycles. The number of nitrogens with one attached hydrogen (secondary N) is 1. The fourth-order valence-electron chi connectivity index (χ4n) is 5.88. The molecule has 0 aliphatic heterocycles. The van der Waals surface area contributed by atoms with Gasteiger partial charge in [-0.2, -0.15) is 0 Å². The average molecular weight is 537 g/mol. The van der Waals surface area contributed by atoms with Gasteiger partial charge in [0.25, 0.3) is 0 Å². The van der Waals surface area contributed by atoms with Crippen molar-refractivity contribution in [3.8, 4) is 11.5 Å². The van der Waals surface area contributed by atoms with Crippen LogP contribution in [-0.2, 0) is 11.3 Å². The third kappa shape index (κ3) is 5.37. The molecule has 2 heterocycles. The third-order valence-electron chi connectivity index (χ3n) is 7.85. The van der Waals surface area contributed by atoms with Crippen LogP contribution in [0.2, 0.25) is 0 Å². The van der Waals surface area contributed by atoms with Gasteiger partial charge in [0, 0.05) is 11.9 Å². The minimum atomic E-state index is -0.416. The Morgan fingerprint density at radius 2 is 1.72 bits per heavy atom. The standard InChI is InChI=1S/C32H32N4O2S/c37-19-27(23-8-2-1-3-9-23)35-32(38)30(24-10-4-5-11-24)25-16-14-22(15-17-25)18-36-29-13-7-6-12-26(29)34-31(36)28-20-39-21-33-28/h1-3,6-9,12-17,20-21,24,27,30,37H,4-5,10-11,18-19H2,(H,35,38)/t27-,30?/m0/s1. The van der Waals surface area contributed by atoms with E-state index in [9.17, 15) is 9.90 Å². The Balaban J connectivity index is 1.27. The SMILES string of the molecule is O=C(N[C@@H](CO)c1ccccc1)C(c1ccc(Cn2c(-c3cscn3)nc3ccccc32)cc1)C1CCCC1. The second kappa shape index (κ2) is 11.5. The van der Waals surface area contributed by atoms with Gasteiger partial charge in [0.05, 0.1) is 35.1 Å². The highest BCUT2D eigenvalue weighted by atomic mass is 32.1. The lowest BCUT2D eigenvalue weighted by Crippen LogP contribution is -2.37. The number of aliphatic hydroxyl groups excluding tert-OH is 1. The molecule has 2 N–H and O–H groups in total. The Morgan fingerprint density at radius 3 is 2.44 bits per heavy atom. The van der Waals surface area contributed by atoms with Crippen molar-refractivity contribution in [3.63, 3.8) is 0 Å². The summed E-state index contributed by atoms with van der Waals surface area (Å²) in [5.41, 5.74) is 7.82. The van der Waals surface area contributed by atoms with E-state index < -0.39 is 6.04 Å². The summed E-state index contributed by atoms with van der Waals surface area (Å²) >= 11 is 1.57. The number of thiazole rings is 1. The quantitative estimate of drug-likeness (QED) is 0.231. The first kappa shape index (κ1) is 25.5. The van der Waals surface area contributed by atoms with E-state index in [1.807, 2.05) is 59.4 Å². The lowest BCUT2D eigenvalue weighted by atomic mass is 9.83. The Kier molecular flexibility index (Phi) is 7.52. The number of aromatic nitrogens is 3. The molecule has 1 aliphatic carbocycles. The number of hydrogen-bond donors (Lipinski definition) is 2. The van der Waals surface area contributed by atoms with Gasteiger partial charge in [0.1, 0.15) is 5.69 Å². The van der Waals surface area contributed by atoms with Crippen LogP contribution in [0, 0.1) is 5.92 Å². The molecule has 1 aliphatic rings. The van der Waals surface area contributed by atoms with Gasteiger partial charge < -0.3 is 15.0 Å². The van der Waals surface area contributed by atoms with E-state index in [-0.39, 0.29) is 18.4 Å². The van der Waals surface area contributed by atoms with E-state index in [0.717, 1.165) is 64.9 Å². The lowest BCUT2D eigenvalue weighted by Gasteiger charge is -2.26. The highest BCUT2D eigenvalue weighted by Gasteiger charge is 2.33. The number of imidazole rings is 1. The van der Waals surface area contributed by atoms with Gasteiger partial charge in [0.15, 0.2) is 5.82 Å². The first-order valence-electron chi connectivity index (χ1n) is 13.6. The second-order valence-electron chi connectivity index (χ2n) is 10.3. The summed E-state index contributed by atoms with van der Waals surface area (Å²) in [5, 5.41) is 15.2. The van der Waals surface area contributed by atoms with Crippen LogP contribution in [0.25, 0.3) is 22.6 Å². The van der Waals surface area contributed by atoms with Gasteiger partial charge in [-0.25, -0.2) is 9.97 Å². The minimum Gasteiger partial charge on any atom is -0.394 e. The summed E-state index contributed by atoms with van der Waals surface area (Å²) in [4.78, 5) is 23.1. The predicted octanol–water partition coefficient (Wildman–Crippen LogP) is 6.33. The van der Waals surface area contributed by atoms with E-state index in [0.29, 0.717) is 12.5 Å². The molecule has 3 aromatic carbocycles. The number of rotatable bonds is 9. The molecule has 5 aromatic rings. The summed E-state index contributed by atoms with van der Waals surface area (Å²) in [6.45, 7) is 0.529. The maximum atomic E-state index is 13.7. The molecule has 1 unspecified atom stereocenters. The normalized spacial score (nSPS) is 15.4. The first-order chi connectivity index (χ1) is 19.2. The number of aliphatic hydroxyl groups is 1. The van der Waals surface area contributed by atoms with Crippen LogP contribution in [0.1, 0.15) is 54.3 Å². The number of fused-ring (bicyclic) bond motifs is 1. The number of carbonyl (C=O) groups is 1. The van der Waals surface area contributed by atoms with Crippen molar-refractivity contribution < 1.29 is 9.90 Å². The van der Waals surface area contributed by atoms with Crippen LogP contribution in [0.15, 0.2) is 89.8 Å². The first-order valence-corrected chi connectivity index (χ1v) is 14.5. The molecule has 2 aromatic heterocycles. The molecule has 0 spiro atoms. The van der Waals surface area contributed by atoms with Crippen LogP contribution >= 0.6 is 11.3 Å². The predicted molar refractivity (Wildman–Crippen MR) is 155 cm³/mol. The van der Waals surface area contributed by atoms with Crippen molar-refractivity contribution in [1.29, 1.82) is 0 Å². The molecule has 2 atom stereocenters. The van der Waals surface area contributed by atoms with Gasteiger partial charge in [0.2, 0.25) is 5.91 Å². The van der Waals surface area contributed by atoms with E-state index in [2.05, 4.69) is 45.2 Å². The molecule has 1 amide bonds. The zero-order chi connectivity index (χ0) is 26.6. The fraction of sp³-hybridized carbons (Fsp3) is 0.281. The molecule has 198 valence electrons. The van der Waals surface area contributed by atoms with Crippen LogP contribution < -0.4 is 5.32 Å². The zero-order valence-corrected chi connectivity index (χ0v) is 22.6. The molecule has 0 saturated heterocycles. The molecule has 7 heteroatoms. The Hall–Kier alpha value is -3.81. The highest BCUT2D eigenvalue weighted by Crippen LogP contribution is 2.38. The van der Waals surface area contributed by atoms with Crippen molar-refractivity contribution in [3.05, 3.63) is 106 Å². The van der Waals surface area contributed by atoms with Crippen LogP contribution in [0.4, 0.5) is 0 Å². The molecule has 0 bridgehead atoms. The van der Waals surface area contributed by atoms with Gasteiger partial charge in [-0.3, -0.25) is 4.79 Å². The third-order valence-corrected chi connectivity index (χ3v) is 8.44. The van der Waals surface area contributed by atoms with Gasteiger partial charge in [-0.15, -0.1) is 11.3 Å². The maximum Gasteiger partial charge on any atom is 0.228 e. The van der Waals surface area contributed by atoms with Crippen molar-refractivity contribution in [2.24, 2.45) is 5.92 Å². The minimum absolute atomic E-state index is 0.0102. The van der Waals surface area contributed by atoms with Crippen molar-refractivity contribution >= 4 is 28.3 Å². The fourth-order valence-corrected chi connectivity index (χ4v) is 6.41. The topological polar surface area (TPSA) is 80.0 Å². The molecule has 39 heavy (non-hydrogen) atoms. The number of para-hydroxylation sites is 2. The summed E-state index contributed by atoms with van der Waals surface area (Å²) in [6, 6.07) is 25.9. The van der Waals surface area contributed by atoms with E-state index in [1.165, 1.54) is 0 Å². The smallest absolute Gasteiger partial charge is 0.228 e. The highest BCUT2D eigenvalue weighted by molar-refractivity contribution is 7.07.